The molecule has 0 saturated carbocycles. The molecule has 2 rings (SSSR count). The molecular weight excluding hydrogens is 280 g/mol. The van der Waals surface area contributed by atoms with Crippen molar-refractivity contribution >= 4 is 15.9 Å². The van der Waals surface area contributed by atoms with Gasteiger partial charge in [0.1, 0.15) is 18.1 Å². The van der Waals surface area contributed by atoms with Gasteiger partial charge in [-0.25, -0.2) is 0 Å². The van der Waals surface area contributed by atoms with Gasteiger partial charge in [0.2, 0.25) is 0 Å². The van der Waals surface area contributed by atoms with Crippen molar-refractivity contribution in [1.82, 2.24) is 0 Å². The minimum atomic E-state index is 0.261. The number of benzene rings is 2. The zero-order valence-corrected chi connectivity index (χ0v) is 11.1. The average Bonchev–Trinajstić information content (AvgIpc) is 2.30. The van der Waals surface area contributed by atoms with Crippen LogP contribution in [0.25, 0.3) is 0 Å². The Bertz CT molecular complexity index is 523. The van der Waals surface area contributed by atoms with Gasteiger partial charge in [0, 0.05) is 4.47 Å². The second-order valence-corrected chi connectivity index (χ2v) is 4.78. The van der Waals surface area contributed by atoms with Crippen LogP contribution in [0.4, 0.5) is 0 Å². The summed E-state index contributed by atoms with van der Waals surface area (Å²) in [4.78, 5) is 0. The van der Waals surface area contributed by atoms with Gasteiger partial charge in [-0.15, -0.1) is 0 Å². The zero-order chi connectivity index (χ0) is 12.3. The fourth-order valence-electron chi connectivity index (χ4n) is 1.54. The van der Waals surface area contributed by atoms with Gasteiger partial charge < -0.3 is 9.84 Å². The third kappa shape index (κ3) is 3.24. The highest BCUT2D eigenvalue weighted by atomic mass is 79.9. The molecule has 2 aromatic carbocycles. The molecule has 17 heavy (non-hydrogen) atoms. The van der Waals surface area contributed by atoms with E-state index in [2.05, 4.69) is 15.9 Å². The van der Waals surface area contributed by atoms with Crippen molar-refractivity contribution in [3.63, 3.8) is 0 Å². The molecule has 0 aliphatic heterocycles. The summed E-state index contributed by atoms with van der Waals surface area (Å²) in [5.74, 6) is 1.11. The third-order valence-electron chi connectivity index (χ3n) is 2.46. The summed E-state index contributed by atoms with van der Waals surface area (Å²) in [6, 6.07) is 13.0. The fraction of sp³-hybridized carbons (Fsp3) is 0.143. The first-order valence-electron chi connectivity index (χ1n) is 5.32. The van der Waals surface area contributed by atoms with Crippen molar-refractivity contribution in [2.45, 2.75) is 13.5 Å². The van der Waals surface area contributed by atoms with Crippen LogP contribution in [0.15, 0.2) is 46.9 Å². The first-order valence-corrected chi connectivity index (χ1v) is 6.11. The molecule has 0 saturated heterocycles. The van der Waals surface area contributed by atoms with Crippen LogP contribution in [0.2, 0.25) is 0 Å². The average molecular weight is 293 g/mol. The van der Waals surface area contributed by atoms with Gasteiger partial charge >= 0.3 is 0 Å². The maximum Gasteiger partial charge on any atom is 0.123 e. The van der Waals surface area contributed by atoms with E-state index in [1.807, 2.05) is 37.3 Å². The summed E-state index contributed by atoms with van der Waals surface area (Å²) >= 11 is 3.41. The zero-order valence-electron chi connectivity index (χ0n) is 9.48. The summed E-state index contributed by atoms with van der Waals surface area (Å²) < 4.78 is 6.71. The van der Waals surface area contributed by atoms with Crippen LogP contribution in [0, 0.1) is 6.92 Å². The van der Waals surface area contributed by atoms with E-state index in [0.29, 0.717) is 6.61 Å². The molecule has 0 aliphatic carbocycles. The van der Waals surface area contributed by atoms with Gasteiger partial charge in [0.25, 0.3) is 0 Å². The molecule has 0 radical (unpaired) electrons. The van der Waals surface area contributed by atoms with Crippen molar-refractivity contribution in [2.24, 2.45) is 0 Å². The number of phenols is 1. The Morgan fingerprint density at radius 3 is 2.76 bits per heavy atom. The summed E-state index contributed by atoms with van der Waals surface area (Å²) in [6.45, 7) is 2.45. The Morgan fingerprint density at radius 2 is 2.00 bits per heavy atom. The SMILES string of the molecule is Cc1ccc(Br)cc1OCc1cccc(O)c1. The van der Waals surface area contributed by atoms with Crippen molar-refractivity contribution < 1.29 is 9.84 Å². The van der Waals surface area contributed by atoms with Crippen LogP contribution in [0.3, 0.4) is 0 Å². The second kappa shape index (κ2) is 5.23. The molecule has 0 atom stereocenters. The Labute approximate surface area is 109 Å². The van der Waals surface area contributed by atoms with Crippen LogP contribution in [-0.4, -0.2) is 5.11 Å². The van der Waals surface area contributed by atoms with E-state index < -0.39 is 0 Å². The number of rotatable bonds is 3. The summed E-state index contributed by atoms with van der Waals surface area (Å²) in [6.07, 6.45) is 0. The summed E-state index contributed by atoms with van der Waals surface area (Å²) in [7, 11) is 0. The molecule has 0 amide bonds. The Morgan fingerprint density at radius 1 is 1.18 bits per heavy atom. The quantitative estimate of drug-likeness (QED) is 0.925. The molecule has 1 N–H and O–H groups in total. The largest absolute Gasteiger partial charge is 0.508 e. The van der Waals surface area contributed by atoms with Crippen molar-refractivity contribution in [3.05, 3.63) is 58.1 Å². The van der Waals surface area contributed by atoms with E-state index in [4.69, 9.17) is 4.74 Å². The van der Waals surface area contributed by atoms with Gasteiger partial charge in [-0.3, -0.25) is 0 Å². The van der Waals surface area contributed by atoms with Crippen LogP contribution in [0.1, 0.15) is 11.1 Å². The second-order valence-electron chi connectivity index (χ2n) is 3.87. The lowest BCUT2D eigenvalue weighted by Crippen LogP contribution is -1.96. The number of halogens is 1. The molecule has 0 heterocycles. The molecule has 88 valence electrons. The van der Waals surface area contributed by atoms with Crippen molar-refractivity contribution in [3.8, 4) is 11.5 Å². The lowest BCUT2D eigenvalue weighted by molar-refractivity contribution is 0.303. The number of phenolic OH excluding ortho intramolecular Hbond substituents is 1. The highest BCUT2D eigenvalue weighted by Crippen LogP contribution is 2.24. The fourth-order valence-corrected chi connectivity index (χ4v) is 1.88. The number of hydrogen-bond donors (Lipinski definition) is 1. The lowest BCUT2D eigenvalue weighted by atomic mass is 10.2. The predicted octanol–water partition coefficient (Wildman–Crippen LogP) is 4.04. The first kappa shape index (κ1) is 12.0. The highest BCUT2D eigenvalue weighted by molar-refractivity contribution is 9.10. The summed E-state index contributed by atoms with van der Waals surface area (Å²) in [5, 5.41) is 9.35. The molecule has 0 spiro atoms. The van der Waals surface area contributed by atoms with Gasteiger partial charge in [0.05, 0.1) is 0 Å². The Balaban J connectivity index is 2.09. The minimum Gasteiger partial charge on any atom is -0.508 e. The monoisotopic (exact) mass is 292 g/mol. The van der Waals surface area contributed by atoms with Gasteiger partial charge in [0.15, 0.2) is 0 Å². The molecule has 0 bridgehead atoms. The number of aromatic hydroxyl groups is 1. The Kier molecular flexibility index (Phi) is 3.69. The van der Waals surface area contributed by atoms with Gasteiger partial charge in [-0.1, -0.05) is 34.1 Å². The maximum absolute atomic E-state index is 9.35. The molecule has 0 unspecified atom stereocenters. The third-order valence-corrected chi connectivity index (χ3v) is 2.95. The van der Waals surface area contributed by atoms with Crippen LogP contribution >= 0.6 is 15.9 Å². The minimum absolute atomic E-state index is 0.261. The van der Waals surface area contributed by atoms with Gasteiger partial charge in [-0.2, -0.15) is 0 Å². The molecule has 3 heteroatoms. The smallest absolute Gasteiger partial charge is 0.123 e. The van der Waals surface area contributed by atoms with E-state index in [-0.39, 0.29) is 5.75 Å². The molecule has 0 aromatic heterocycles. The maximum atomic E-state index is 9.35. The topological polar surface area (TPSA) is 29.5 Å². The Hall–Kier alpha value is -1.48. The lowest BCUT2D eigenvalue weighted by Gasteiger charge is -2.09. The van der Waals surface area contributed by atoms with Crippen molar-refractivity contribution in [2.75, 3.05) is 0 Å². The van der Waals surface area contributed by atoms with E-state index in [0.717, 1.165) is 21.3 Å². The van der Waals surface area contributed by atoms with E-state index >= 15 is 0 Å². The number of aryl methyl sites for hydroxylation is 1. The van der Waals surface area contributed by atoms with Crippen LogP contribution < -0.4 is 4.74 Å². The summed E-state index contributed by atoms with van der Waals surface area (Å²) in [5.41, 5.74) is 2.04. The molecule has 0 aliphatic rings. The van der Waals surface area contributed by atoms with E-state index in [1.54, 1.807) is 12.1 Å². The van der Waals surface area contributed by atoms with Crippen LogP contribution in [-0.2, 0) is 6.61 Å². The molecular formula is C14H13BrO2. The highest BCUT2D eigenvalue weighted by Gasteiger charge is 2.01. The normalized spacial score (nSPS) is 10.2. The standard InChI is InChI=1S/C14H13BrO2/c1-10-5-6-12(15)8-14(10)17-9-11-3-2-4-13(16)7-11/h2-8,16H,9H2,1H3. The number of hydrogen-bond acceptors (Lipinski definition) is 2. The number of ether oxygens (including phenoxy) is 1. The van der Waals surface area contributed by atoms with E-state index in [1.165, 1.54) is 0 Å². The molecule has 2 aromatic rings. The van der Waals surface area contributed by atoms with Crippen LogP contribution in [0.5, 0.6) is 11.5 Å². The van der Waals surface area contributed by atoms with E-state index in [9.17, 15) is 5.11 Å². The first-order chi connectivity index (χ1) is 8.15. The van der Waals surface area contributed by atoms with Gasteiger partial charge in [-0.05, 0) is 42.3 Å². The van der Waals surface area contributed by atoms with Crippen molar-refractivity contribution in [1.29, 1.82) is 0 Å². The predicted molar refractivity (Wildman–Crippen MR) is 71.3 cm³/mol. The molecule has 0 fully saturated rings. The molecule has 2 nitrogen and oxygen atoms in total.